The van der Waals surface area contributed by atoms with E-state index in [9.17, 15) is 14.7 Å². The number of aliphatic carboxylic acids is 1. The van der Waals surface area contributed by atoms with E-state index in [4.69, 9.17) is 4.74 Å². The van der Waals surface area contributed by atoms with Crippen molar-refractivity contribution in [2.24, 2.45) is 5.41 Å². The van der Waals surface area contributed by atoms with Crippen LogP contribution < -0.4 is 0 Å². The molecule has 0 aliphatic heterocycles. The van der Waals surface area contributed by atoms with Gasteiger partial charge in [0.15, 0.2) is 0 Å². The Morgan fingerprint density at radius 3 is 2.00 bits per heavy atom. The summed E-state index contributed by atoms with van der Waals surface area (Å²) in [6, 6.07) is 4.69. The Bertz CT molecular complexity index is 746. The van der Waals surface area contributed by atoms with Crippen LogP contribution in [0.25, 0.3) is 0 Å². The summed E-state index contributed by atoms with van der Waals surface area (Å²) in [5.74, 6) is -0.695. The number of carbonyl (C=O) groups excluding carboxylic acids is 1. The smallest absolute Gasteiger partial charge is 0.309 e. The van der Waals surface area contributed by atoms with E-state index in [1.807, 2.05) is 13.8 Å². The van der Waals surface area contributed by atoms with Crippen molar-refractivity contribution in [3.63, 3.8) is 0 Å². The van der Waals surface area contributed by atoms with Gasteiger partial charge in [0, 0.05) is 0 Å². The van der Waals surface area contributed by atoms with Gasteiger partial charge >= 0.3 is 5.97 Å². The van der Waals surface area contributed by atoms with E-state index in [-0.39, 0.29) is 5.60 Å². The summed E-state index contributed by atoms with van der Waals surface area (Å²) in [5.41, 5.74) is 5.07. The molecule has 32 heavy (non-hydrogen) atoms. The molecule has 1 fully saturated rings. The molecule has 4 nitrogen and oxygen atoms in total. The molecule has 0 atom stereocenters. The Labute approximate surface area is 195 Å². The van der Waals surface area contributed by atoms with Gasteiger partial charge in [-0.25, -0.2) is 0 Å². The zero-order valence-corrected chi connectivity index (χ0v) is 20.8. The molecule has 4 heteroatoms. The molecule has 1 aromatic carbocycles. The van der Waals surface area contributed by atoms with Gasteiger partial charge < -0.3 is 9.84 Å². The first-order chi connectivity index (χ1) is 15.2. The lowest BCUT2D eigenvalue weighted by Gasteiger charge is -2.18. The van der Waals surface area contributed by atoms with Crippen LogP contribution >= 0.6 is 0 Å². The second-order valence-corrected chi connectivity index (χ2v) is 10.6. The van der Waals surface area contributed by atoms with E-state index >= 15 is 0 Å². The van der Waals surface area contributed by atoms with E-state index in [1.54, 1.807) is 0 Å². The van der Waals surface area contributed by atoms with Crippen molar-refractivity contribution in [3.8, 4) is 0 Å². The average Bonchev–Trinajstić information content (AvgIpc) is 3.49. The molecule has 0 amide bonds. The molecule has 180 valence electrons. The highest BCUT2D eigenvalue weighted by Crippen LogP contribution is 2.43. The first kappa shape index (κ1) is 26.4. The van der Waals surface area contributed by atoms with Crippen LogP contribution in [0.2, 0.25) is 0 Å². The minimum Gasteiger partial charge on any atom is -0.481 e. The minimum absolute atomic E-state index is 0.101. The van der Waals surface area contributed by atoms with Crippen LogP contribution in [0.5, 0.6) is 0 Å². The van der Waals surface area contributed by atoms with Crippen LogP contribution in [0.4, 0.5) is 0 Å². The Morgan fingerprint density at radius 1 is 0.969 bits per heavy atom. The number of carbonyl (C=O) groups is 2. The number of benzene rings is 1. The van der Waals surface area contributed by atoms with Gasteiger partial charge in [-0.2, -0.15) is 0 Å². The Balaban J connectivity index is 1.67. The maximum Gasteiger partial charge on any atom is 0.309 e. The quantitative estimate of drug-likeness (QED) is 0.205. The highest BCUT2D eigenvalue weighted by atomic mass is 16.5. The van der Waals surface area contributed by atoms with Gasteiger partial charge in [0.2, 0.25) is 0 Å². The highest BCUT2D eigenvalue weighted by molar-refractivity contribution is 5.73. The zero-order valence-electron chi connectivity index (χ0n) is 20.8. The van der Waals surface area contributed by atoms with Crippen molar-refractivity contribution < 1.29 is 19.4 Å². The largest absolute Gasteiger partial charge is 0.481 e. The summed E-state index contributed by atoms with van der Waals surface area (Å²) in [6.07, 6.45) is 15.3. The molecule has 1 aromatic rings. The van der Waals surface area contributed by atoms with Crippen molar-refractivity contribution >= 4 is 12.4 Å². The van der Waals surface area contributed by atoms with Crippen molar-refractivity contribution in [1.82, 2.24) is 0 Å². The number of ether oxygens (including phenoxy) is 1. The molecular formula is C28H44O4. The van der Waals surface area contributed by atoms with E-state index in [2.05, 4.69) is 26.0 Å². The van der Waals surface area contributed by atoms with Crippen molar-refractivity contribution in [2.75, 3.05) is 0 Å². The molecule has 0 heterocycles. The first-order valence-electron chi connectivity index (χ1n) is 12.6. The van der Waals surface area contributed by atoms with Gasteiger partial charge in [-0.15, -0.1) is 0 Å². The van der Waals surface area contributed by atoms with Gasteiger partial charge in [-0.1, -0.05) is 49.8 Å². The summed E-state index contributed by atoms with van der Waals surface area (Å²) in [4.78, 5) is 21.8. The van der Waals surface area contributed by atoms with Gasteiger partial charge in [-0.05, 0) is 102 Å². The zero-order chi connectivity index (χ0) is 23.6. The highest BCUT2D eigenvalue weighted by Gasteiger charge is 2.44. The predicted molar refractivity (Wildman–Crippen MR) is 130 cm³/mol. The lowest BCUT2D eigenvalue weighted by atomic mass is 9.87. The van der Waals surface area contributed by atoms with Crippen molar-refractivity contribution in [3.05, 3.63) is 34.4 Å². The number of unbranched alkanes of at least 4 members (excludes halogenated alkanes) is 6. The molecule has 1 saturated carbocycles. The van der Waals surface area contributed by atoms with Crippen LogP contribution in [-0.2, 0) is 27.2 Å². The average molecular weight is 445 g/mol. The fourth-order valence-electron chi connectivity index (χ4n) is 4.66. The van der Waals surface area contributed by atoms with Gasteiger partial charge in [0.25, 0.3) is 6.47 Å². The van der Waals surface area contributed by atoms with Crippen LogP contribution in [0, 0.1) is 19.3 Å². The SMILES string of the molecule is Cc1cc(CCCCCCC2(OC=O)CC2)c(C)c(CCCCCCC(C)(C)C(=O)O)c1. The lowest BCUT2D eigenvalue weighted by molar-refractivity contribution is -0.147. The van der Waals surface area contributed by atoms with Crippen molar-refractivity contribution in [2.45, 2.75) is 123 Å². The summed E-state index contributed by atoms with van der Waals surface area (Å²) in [7, 11) is 0. The number of hydrogen-bond acceptors (Lipinski definition) is 3. The monoisotopic (exact) mass is 444 g/mol. The summed E-state index contributed by atoms with van der Waals surface area (Å²) in [5, 5.41) is 9.22. The Hall–Kier alpha value is -1.84. The van der Waals surface area contributed by atoms with Gasteiger partial charge in [0.1, 0.15) is 5.60 Å². The molecule has 1 N–H and O–H groups in total. The Kier molecular flexibility index (Phi) is 10.2. The summed E-state index contributed by atoms with van der Waals surface area (Å²) >= 11 is 0. The number of aryl methyl sites for hydroxylation is 3. The maximum absolute atomic E-state index is 11.2. The molecule has 1 aliphatic carbocycles. The normalized spacial score (nSPS) is 14.9. The minimum atomic E-state index is -0.695. The first-order valence-corrected chi connectivity index (χ1v) is 12.6. The fraction of sp³-hybridized carbons (Fsp3) is 0.714. The molecule has 0 aromatic heterocycles. The molecule has 0 radical (unpaired) electrons. The van der Waals surface area contributed by atoms with E-state index in [0.29, 0.717) is 6.47 Å². The van der Waals surface area contributed by atoms with Crippen LogP contribution in [0.15, 0.2) is 12.1 Å². The molecule has 0 spiro atoms. The molecule has 0 bridgehead atoms. The number of rotatable bonds is 17. The van der Waals surface area contributed by atoms with Crippen LogP contribution in [-0.4, -0.2) is 23.1 Å². The van der Waals surface area contributed by atoms with E-state index in [1.165, 1.54) is 47.9 Å². The van der Waals surface area contributed by atoms with Crippen molar-refractivity contribution in [1.29, 1.82) is 0 Å². The number of carboxylic acid groups (broad SMARTS) is 1. The second kappa shape index (κ2) is 12.4. The third kappa shape index (κ3) is 8.60. The number of hydrogen-bond donors (Lipinski definition) is 1. The van der Waals surface area contributed by atoms with Gasteiger partial charge in [-0.3, -0.25) is 9.59 Å². The summed E-state index contributed by atoms with van der Waals surface area (Å²) in [6.45, 7) is 8.72. The van der Waals surface area contributed by atoms with E-state index in [0.717, 1.165) is 64.2 Å². The second-order valence-electron chi connectivity index (χ2n) is 10.6. The molecule has 1 aliphatic rings. The molecule has 0 unspecified atom stereocenters. The van der Waals surface area contributed by atoms with E-state index < -0.39 is 11.4 Å². The van der Waals surface area contributed by atoms with Crippen LogP contribution in [0.1, 0.15) is 113 Å². The predicted octanol–water partition coefficient (Wildman–Crippen LogP) is 7.11. The number of carboxylic acids is 1. The lowest BCUT2D eigenvalue weighted by Crippen LogP contribution is -2.23. The molecule has 2 rings (SSSR count). The Morgan fingerprint density at radius 2 is 1.50 bits per heavy atom. The van der Waals surface area contributed by atoms with Crippen LogP contribution in [0.3, 0.4) is 0 Å². The fourth-order valence-corrected chi connectivity index (χ4v) is 4.66. The third-order valence-corrected chi connectivity index (χ3v) is 7.28. The topological polar surface area (TPSA) is 63.6 Å². The van der Waals surface area contributed by atoms with Gasteiger partial charge in [0.05, 0.1) is 5.41 Å². The molecular weight excluding hydrogens is 400 g/mol. The maximum atomic E-state index is 11.2. The third-order valence-electron chi connectivity index (χ3n) is 7.28. The standard InChI is InChI=1S/C28H44O4/c1-22-19-24(13-9-5-7-11-15-27(3,4)26(30)31)23(2)25(20-22)14-10-6-8-12-16-28(17-18-28)32-21-29/h19-21H,5-18H2,1-4H3,(H,30,31). The molecule has 0 saturated heterocycles. The summed E-state index contributed by atoms with van der Waals surface area (Å²) < 4.78 is 5.23.